The van der Waals surface area contributed by atoms with Crippen LogP contribution in [0.25, 0.3) is 21.5 Å². The second kappa shape index (κ2) is 7.09. The first-order valence-electron chi connectivity index (χ1n) is 8.74. The average Bonchev–Trinajstić information content (AvgIpc) is 2.61. The SMILES string of the molecule is CC(C)(C)c1ccc2cc(O)ccc2c1.Oc1cccc2ccccc12. The van der Waals surface area contributed by atoms with Gasteiger partial charge in [0.15, 0.2) is 0 Å². The smallest absolute Gasteiger partial charge is 0.123 e. The van der Waals surface area contributed by atoms with E-state index in [-0.39, 0.29) is 5.41 Å². The fourth-order valence-corrected chi connectivity index (χ4v) is 2.91. The normalized spacial score (nSPS) is 11.2. The summed E-state index contributed by atoms with van der Waals surface area (Å²) in [6, 6.07) is 25.2. The maximum atomic E-state index is 9.37. The molecule has 2 nitrogen and oxygen atoms in total. The highest BCUT2D eigenvalue weighted by molar-refractivity contribution is 5.87. The van der Waals surface area contributed by atoms with E-state index in [0.29, 0.717) is 11.5 Å². The molecule has 26 heavy (non-hydrogen) atoms. The molecular weight excluding hydrogens is 320 g/mol. The van der Waals surface area contributed by atoms with Crippen molar-refractivity contribution in [3.63, 3.8) is 0 Å². The summed E-state index contributed by atoms with van der Waals surface area (Å²) in [4.78, 5) is 0. The maximum Gasteiger partial charge on any atom is 0.123 e. The van der Waals surface area contributed by atoms with Gasteiger partial charge in [-0.3, -0.25) is 0 Å². The van der Waals surface area contributed by atoms with Crippen molar-refractivity contribution >= 4 is 21.5 Å². The summed E-state index contributed by atoms with van der Waals surface area (Å²) in [6.07, 6.45) is 0. The Bertz CT molecular complexity index is 1040. The second-order valence-electron chi connectivity index (χ2n) is 7.49. The zero-order chi connectivity index (χ0) is 18.7. The van der Waals surface area contributed by atoms with Crippen LogP contribution >= 0.6 is 0 Å². The van der Waals surface area contributed by atoms with Crippen molar-refractivity contribution in [1.29, 1.82) is 0 Å². The van der Waals surface area contributed by atoms with Crippen molar-refractivity contribution in [2.24, 2.45) is 0 Å². The second-order valence-corrected chi connectivity index (χ2v) is 7.49. The van der Waals surface area contributed by atoms with Crippen molar-refractivity contribution < 1.29 is 10.2 Å². The van der Waals surface area contributed by atoms with Crippen molar-refractivity contribution in [3.05, 3.63) is 84.4 Å². The monoisotopic (exact) mass is 344 g/mol. The highest BCUT2D eigenvalue weighted by Gasteiger charge is 2.13. The Kier molecular flexibility index (Phi) is 4.85. The summed E-state index contributed by atoms with van der Waals surface area (Å²) in [5, 5.41) is 23.0. The quantitative estimate of drug-likeness (QED) is 0.388. The van der Waals surface area contributed by atoms with Gasteiger partial charge in [-0.15, -0.1) is 0 Å². The Hall–Kier alpha value is -3.00. The van der Waals surface area contributed by atoms with Crippen LogP contribution in [0.1, 0.15) is 26.3 Å². The molecule has 0 amide bonds. The minimum Gasteiger partial charge on any atom is -0.508 e. The highest BCUT2D eigenvalue weighted by Crippen LogP contribution is 2.27. The molecule has 0 radical (unpaired) electrons. The lowest BCUT2D eigenvalue weighted by Crippen LogP contribution is -2.10. The number of benzene rings is 4. The summed E-state index contributed by atoms with van der Waals surface area (Å²) >= 11 is 0. The van der Waals surface area contributed by atoms with Crippen LogP contribution in [0, 0.1) is 0 Å². The van der Waals surface area contributed by atoms with Crippen LogP contribution in [-0.4, -0.2) is 10.2 Å². The lowest BCUT2D eigenvalue weighted by molar-refractivity contribution is 0.476. The Balaban J connectivity index is 0.000000158. The number of aromatic hydroxyl groups is 2. The molecule has 0 atom stereocenters. The predicted molar refractivity (Wildman–Crippen MR) is 110 cm³/mol. The summed E-state index contributed by atoms with van der Waals surface area (Å²) in [7, 11) is 0. The molecule has 0 fully saturated rings. The topological polar surface area (TPSA) is 40.5 Å². The van der Waals surface area contributed by atoms with Gasteiger partial charge in [0, 0.05) is 5.39 Å². The van der Waals surface area contributed by atoms with Gasteiger partial charge in [0.25, 0.3) is 0 Å². The van der Waals surface area contributed by atoms with Crippen LogP contribution in [0.3, 0.4) is 0 Å². The predicted octanol–water partition coefficient (Wildman–Crippen LogP) is 6.39. The minimum atomic E-state index is 0.173. The van der Waals surface area contributed by atoms with Crippen LogP contribution in [0.2, 0.25) is 0 Å². The zero-order valence-electron chi connectivity index (χ0n) is 15.4. The Morgan fingerprint density at radius 1 is 0.615 bits per heavy atom. The molecule has 0 aromatic heterocycles. The van der Waals surface area contributed by atoms with Crippen LogP contribution in [0.4, 0.5) is 0 Å². The van der Waals surface area contributed by atoms with E-state index in [1.807, 2.05) is 42.5 Å². The van der Waals surface area contributed by atoms with Gasteiger partial charge in [0.2, 0.25) is 0 Å². The lowest BCUT2D eigenvalue weighted by atomic mass is 9.86. The molecule has 0 heterocycles. The highest BCUT2D eigenvalue weighted by atomic mass is 16.3. The summed E-state index contributed by atoms with van der Waals surface area (Å²) in [5.41, 5.74) is 1.49. The summed E-state index contributed by atoms with van der Waals surface area (Å²) in [5.74, 6) is 0.675. The van der Waals surface area contributed by atoms with Gasteiger partial charge in [-0.2, -0.15) is 0 Å². The molecular formula is C24H24O2. The standard InChI is InChI=1S/C14H16O.C10H8O/c1-14(2,3)12-6-4-11-9-13(15)7-5-10(11)8-12;11-10-7-3-5-8-4-1-2-6-9(8)10/h4-9,15H,1-3H3;1-7,11H. The van der Waals surface area contributed by atoms with Gasteiger partial charge in [0.05, 0.1) is 0 Å². The maximum absolute atomic E-state index is 9.37. The fraction of sp³-hybridized carbons (Fsp3) is 0.167. The van der Waals surface area contributed by atoms with Crippen molar-refractivity contribution in [3.8, 4) is 11.5 Å². The third-order valence-electron chi connectivity index (χ3n) is 4.46. The molecule has 0 aliphatic heterocycles. The first kappa shape index (κ1) is 17.8. The molecule has 0 aliphatic rings. The zero-order valence-corrected chi connectivity index (χ0v) is 15.4. The first-order valence-corrected chi connectivity index (χ1v) is 8.74. The molecule has 132 valence electrons. The molecule has 0 saturated heterocycles. The van der Waals surface area contributed by atoms with Crippen molar-refractivity contribution in [2.75, 3.05) is 0 Å². The number of rotatable bonds is 0. The Labute approximate surface area is 154 Å². The Morgan fingerprint density at radius 3 is 2.00 bits per heavy atom. The van der Waals surface area contributed by atoms with Gasteiger partial charge >= 0.3 is 0 Å². The van der Waals surface area contributed by atoms with E-state index in [1.54, 1.807) is 18.2 Å². The van der Waals surface area contributed by atoms with Crippen molar-refractivity contribution in [2.45, 2.75) is 26.2 Å². The van der Waals surface area contributed by atoms with Crippen molar-refractivity contribution in [1.82, 2.24) is 0 Å². The largest absolute Gasteiger partial charge is 0.508 e. The number of hydrogen-bond acceptors (Lipinski definition) is 2. The van der Waals surface area contributed by atoms with Crippen LogP contribution < -0.4 is 0 Å². The van der Waals surface area contributed by atoms with E-state index in [4.69, 9.17) is 0 Å². The van der Waals surface area contributed by atoms with E-state index in [2.05, 4.69) is 39.0 Å². The number of fused-ring (bicyclic) bond motifs is 2. The third-order valence-corrected chi connectivity index (χ3v) is 4.46. The van der Waals surface area contributed by atoms with E-state index < -0.39 is 0 Å². The number of hydrogen-bond donors (Lipinski definition) is 2. The molecule has 0 aliphatic carbocycles. The molecule has 0 saturated carbocycles. The van der Waals surface area contributed by atoms with Crippen LogP contribution in [0.5, 0.6) is 11.5 Å². The molecule has 2 N–H and O–H groups in total. The number of phenolic OH excluding ortho intramolecular Hbond substituents is 2. The minimum absolute atomic E-state index is 0.173. The van der Waals surface area contributed by atoms with E-state index >= 15 is 0 Å². The molecule has 0 unspecified atom stereocenters. The average molecular weight is 344 g/mol. The third kappa shape index (κ3) is 3.97. The van der Waals surface area contributed by atoms with Crippen LogP contribution in [-0.2, 0) is 5.41 Å². The summed E-state index contributed by atoms with van der Waals surface area (Å²) < 4.78 is 0. The molecule has 4 aromatic carbocycles. The van der Waals surface area contributed by atoms with Crippen LogP contribution in [0.15, 0.2) is 78.9 Å². The Morgan fingerprint density at radius 2 is 1.27 bits per heavy atom. The van der Waals surface area contributed by atoms with Gasteiger partial charge in [-0.1, -0.05) is 81.4 Å². The first-order chi connectivity index (χ1) is 12.3. The molecule has 4 rings (SSSR count). The van der Waals surface area contributed by atoms with Gasteiger partial charge in [0.1, 0.15) is 11.5 Å². The van der Waals surface area contributed by atoms with E-state index in [0.717, 1.165) is 16.2 Å². The molecule has 0 spiro atoms. The van der Waals surface area contributed by atoms with E-state index in [9.17, 15) is 10.2 Å². The lowest BCUT2D eigenvalue weighted by Gasteiger charge is -2.19. The van der Waals surface area contributed by atoms with Gasteiger partial charge in [-0.05, 0) is 45.3 Å². The molecule has 0 bridgehead atoms. The molecule has 2 heteroatoms. The number of phenols is 2. The fourth-order valence-electron chi connectivity index (χ4n) is 2.91. The molecule has 4 aromatic rings. The van der Waals surface area contributed by atoms with Gasteiger partial charge in [-0.25, -0.2) is 0 Å². The van der Waals surface area contributed by atoms with Gasteiger partial charge < -0.3 is 10.2 Å². The van der Waals surface area contributed by atoms with E-state index in [1.165, 1.54) is 10.9 Å². The summed E-state index contributed by atoms with van der Waals surface area (Å²) in [6.45, 7) is 6.61.